The van der Waals surface area contributed by atoms with Crippen molar-refractivity contribution < 1.29 is 4.79 Å². The molecule has 0 radical (unpaired) electrons. The fraction of sp³-hybridized carbons (Fsp3) is 0.533. The lowest BCUT2D eigenvalue weighted by molar-refractivity contribution is -0.117. The van der Waals surface area contributed by atoms with E-state index in [1.165, 1.54) is 5.56 Å². The van der Waals surface area contributed by atoms with E-state index in [0.717, 1.165) is 11.3 Å². The number of nitrogens with two attached hydrogens (primary N) is 1. The highest BCUT2D eigenvalue weighted by molar-refractivity contribution is 6.00. The molecule has 1 aromatic carbocycles. The zero-order valence-corrected chi connectivity index (χ0v) is 12.2. The molecule has 104 valence electrons. The van der Waals surface area contributed by atoms with Gasteiger partial charge in [0.2, 0.25) is 5.91 Å². The highest BCUT2D eigenvalue weighted by Crippen LogP contribution is 2.33. The molecule has 1 aromatic rings. The van der Waals surface area contributed by atoms with Crippen LogP contribution in [0.4, 0.5) is 5.69 Å². The van der Waals surface area contributed by atoms with Crippen LogP contribution in [0.3, 0.4) is 0 Å². The maximum Gasteiger partial charge on any atom is 0.231 e. The molecular weight excluding hydrogens is 238 g/mol. The number of nitrogens with zero attached hydrogens (tertiary/aromatic N) is 2. The van der Waals surface area contributed by atoms with E-state index < -0.39 is 0 Å². The van der Waals surface area contributed by atoms with Gasteiger partial charge in [0.25, 0.3) is 0 Å². The van der Waals surface area contributed by atoms with E-state index in [0.29, 0.717) is 18.9 Å². The van der Waals surface area contributed by atoms with Crippen molar-refractivity contribution in [2.24, 2.45) is 11.7 Å². The molecule has 1 aliphatic rings. The van der Waals surface area contributed by atoms with E-state index in [9.17, 15) is 4.79 Å². The van der Waals surface area contributed by atoms with Gasteiger partial charge in [0, 0.05) is 18.8 Å². The molecule has 1 amide bonds. The number of rotatable bonds is 4. The van der Waals surface area contributed by atoms with Crippen molar-refractivity contribution in [1.29, 1.82) is 0 Å². The summed E-state index contributed by atoms with van der Waals surface area (Å²) < 4.78 is 0. The van der Waals surface area contributed by atoms with Gasteiger partial charge >= 0.3 is 0 Å². The summed E-state index contributed by atoms with van der Waals surface area (Å²) in [5.74, 6) is 0.545. The number of amides is 1. The Bertz CT molecular complexity index is 484. The van der Waals surface area contributed by atoms with Crippen LogP contribution < -0.4 is 10.6 Å². The molecule has 0 bridgehead atoms. The molecule has 19 heavy (non-hydrogen) atoms. The first kappa shape index (κ1) is 14.0. The Hall–Kier alpha value is -1.39. The summed E-state index contributed by atoms with van der Waals surface area (Å²) in [5, 5.41) is 0. The van der Waals surface area contributed by atoms with Crippen LogP contribution in [0, 0.1) is 5.92 Å². The third kappa shape index (κ3) is 2.51. The highest BCUT2D eigenvalue weighted by atomic mass is 16.2. The summed E-state index contributed by atoms with van der Waals surface area (Å²) in [5.41, 5.74) is 9.22. The zero-order valence-electron chi connectivity index (χ0n) is 12.2. The molecule has 4 heteroatoms. The first-order chi connectivity index (χ1) is 8.95. The average Bonchev–Trinajstić information content (AvgIpc) is 2.64. The molecule has 1 heterocycles. The molecule has 0 saturated heterocycles. The fourth-order valence-electron chi connectivity index (χ4n) is 2.94. The van der Waals surface area contributed by atoms with Crippen LogP contribution in [0.2, 0.25) is 0 Å². The smallest absolute Gasteiger partial charge is 0.231 e. The summed E-state index contributed by atoms with van der Waals surface area (Å²) >= 11 is 0. The molecule has 0 spiro atoms. The second-order valence-electron chi connectivity index (χ2n) is 5.64. The van der Waals surface area contributed by atoms with Gasteiger partial charge in [-0.3, -0.25) is 4.79 Å². The molecule has 0 fully saturated rings. The topological polar surface area (TPSA) is 49.6 Å². The van der Waals surface area contributed by atoms with Gasteiger partial charge in [-0.05, 0) is 43.8 Å². The van der Waals surface area contributed by atoms with Crippen LogP contribution in [0.15, 0.2) is 18.2 Å². The van der Waals surface area contributed by atoms with E-state index in [2.05, 4.69) is 44.1 Å². The number of likely N-dealkylation sites (N-methyl/N-ethyl adjacent to an activating group) is 1. The molecular formula is C15H23N3O. The number of benzene rings is 1. The Morgan fingerprint density at radius 2 is 2.11 bits per heavy atom. The lowest BCUT2D eigenvalue weighted by Gasteiger charge is -2.30. The van der Waals surface area contributed by atoms with E-state index in [1.54, 1.807) is 4.90 Å². The van der Waals surface area contributed by atoms with Gasteiger partial charge < -0.3 is 15.5 Å². The molecule has 2 N–H and O–H groups in total. The van der Waals surface area contributed by atoms with Gasteiger partial charge in [-0.1, -0.05) is 19.1 Å². The van der Waals surface area contributed by atoms with Gasteiger partial charge in [0.15, 0.2) is 0 Å². The van der Waals surface area contributed by atoms with E-state index in [1.807, 2.05) is 7.05 Å². The molecule has 4 nitrogen and oxygen atoms in total. The van der Waals surface area contributed by atoms with Gasteiger partial charge in [-0.2, -0.15) is 0 Å². The monoisotopic (exact) mass is 261 g/mol. The third-order valence-electron chi connectivity index (χ3n) is 3.99. The SMILES string of the molecule is CC(CN)C(c1ccc2c(c1)CC(=O)N2C)N(C)C. The number of carbonyl (C=O) groups is 1. The lowest BCUT2D eigenvalue weighted by Crippen LogP contribution is -2.30. The maximum atomic E-state index is 11.7. The van der Waals surface area contributed by atoms with Crippen LogP contribution in [-0.4, -0.2) is 38.5 Å². The van der Waals surface area contributed by atoms with Gasteiger partial charge in [-0.25, -0.2) is 0 Å². The quantitative estimate of drug-likeness (QED) is 0.891. The second-order valence-corrected chi connectivity index (χ2v) is 5.64. The standard InChI is InChI=1S/C15H23N3O/c1-10(9-16)15(17(2)3)11-5-6-13-12(7-11)8-14(19)18(13)4/h5-7,10,15H,8-9,16H2,1-4H3. The predicted molar refractivity (Wildman–Crippen MR) is 78.2 cm³/mol. The molecule has 0 saturated carbocycles. The van der Waals surface area contributed by atoms with Crippen molar-refractivity contribution >= 4 is 11.6 Å². The Balaban J connectivity index is 2.36. The Morgan fingerprint density at radius 3 is 2.68 bits per heavy atom. The van der Waals surface area contributed by atoms with Crippen LogP contribution >= 0.6 is 0 Å². The summed E-state index contributed by atoms with van der Waals surface area (Å²) in [4.78, 5) is 15.7. The number of fused-ring (bicyclic) bond motifs is 1. The molecule has 1 aliphatic heterocycles. The summed E-state index contributed by atoms with van der Waals surface area (Å²) in [7, 11) is 5.97. The minimum Gasteiger partial charge on any atom is -0.330 e. The van der Waals surface area contributed by atoms with Crippen molar-refractivity contribution in [3.8, 4) is 0 Å². The number of carbonyl (C=O) groups excluding carboxylic acids is 1. The van der Waals surface area contributed by atoms with Crippen LogP contribution in [0.1, 0.15) is 24.1 Å². The van der Waals surface area contributed by atoms with Gasteiger partial charge in [0.05, 0.1) is 6.42 Å². The maximum absolute atomic E-state index is 11.7. The largest absolute Gasteiger partial charge is 0.330 e. The Morgan fingerprint density at radius 1 is 1.42 bits per heavy atom. The first-order valence-corrected chi connectivity index (χ1v) is 6.71. The van der Waals surface area contributed by atoms with Crippen molar-refractivity contribution in [3.05, 3.63) is 29.3 Å². The summed E-state index contributed by atoms with van der Waals surface area (Å²) in [6, 6.07) is 6.62. The fourth-order valence-corrected chi connectivity index (χ4v) is 2.94. The molecule has 2 unspecified atom stereocenters. The third-order valence-corrected chi connectivity index (χ3v) is 3.99. The minimum atomic E-state index is 0.167. The number of hydrogen-bond acceptors (Lipinski definition) is 3. The molecule has 0 aliphatic carbocycles. The number of hydrogen-bond donors (Lipinski definition) is 1. The zero-order chi connectivity index (χ0) is 14.2. The lowest BCUT2D eigenvalue weighted by atomic mass is 9.92. The molecule has 2 atom stereocenters. The highest BCUT2D eigenvalue weighted by Gasteiger charge is 2.27. The van der Waals surface area contributed by atoms with Crippen molar-refractivity contribution in [3.63, 3.8) is 0 Å². The first-order valence-electron chi connectivity index (χ1n) is 6.71. The molecule has 0 aromatic heterocycles. The van der Waals surface area contributed by atoms with Crippen molar-refractivity contribution in [2.75, 3.05) is 32.6 Å². The van der Waals surface area contributed by atoms with Crippen molar-refractivity contribution in [1.82, 2.24) is 4.90 Å². The van der Waals surface area contributed by atoms with Crippen molar-refractivity contribution in [2.45, 2.75) is 19.4 Å². The molecule has 2 rings (SSSR count). The number of anilines is 1. The normalized spacial score (nSPS) is 17.8. The average molecular weight is 261 g/mol. The minimum absolute atomic E-state index is 0.167. The van der Waals surface area contributed by atoms with Crippen LogP contribution in [0.5, 0.6) is 0 Å². The van der Waals surface area contributed by atoms with Crippen LogP contribution in [0.25, 0.3) is 0 Å². The van der Waals surface area contributed by atoms with E-state index in [-0.39, 0.29) is 11.9 Å². The summed E-state index contributed by atoms with van der Waals surface area (Å²) in [6.07, 6.45) is 0.511. The van der Waals surface area contributed by atoms with E-state index in [4.69, 9.17) is 5.73 Å². The summed E-state index contributed by atoms with van der Waals surface area (Å²) in [6.45, 7) is 2.81. The predicted octanol–water partition coefficient (Wildman–Crippen LogP) is 1.40. The van der Waals surface area contributed by atoms with Gasteiger partial charge in [0.1, 0.15) is 0 Å². The second kappa shape index (κ2) is 5.31. The Kier molecular flexibility index (Phi) is 3.92. The van der Waals surface area contributed by atoms with E-state index >= 15 is 0 Å². The van der Waals surface area contributed by atoms with Gasteiger partial charge in [-0.15, -0.1) is 0 Å². The Labute approximate surface area is 115 Å². The van der Waals surface area contributed by atoms with Crippen LogP contribution in [-0.2, 0) is 11.2 Å².